The number of carbonyl (C=O) groups is 1. The van der Waals surface area contributed by atoms with E-state index in [0.29, 0.717) is 0 Å². The maximum Gasteiger partial charge on any atom is 0.223 e. The second kappa shape index (κ2) is 4.26. The molecule has 16 heavy (non-hydrogen) atoms. The molecule has 3 heteroatoms. The van der Waals surface area contributed by atoms with Gasteiger partial charge in [0, 0.05) is 12.0 Å². The second-order valence-electron chi connectivity index (χ2n) is 4.71. The highest BCUT2D eigenvalue weighted by Crippen LogP contribution is 2.30. The first-order valence-electron chi connectivity index (χ1n) is 5.73. The van der Waals surface area contributed by atoms with Gasteiger partial charge < -0.3 is 11.1 Å². The van der Waals surface area contributed by atoms with Gasteiger partial charge in [-0.2, -0.15) is 0 Å². The smallest absolute Gasteiger partial charge is 0.223 e. The molecule has 0 fully saturated rings. The summed E-state index contributed by atoms with van der Waals surface area (Å²) < 4.78 is 0. The number of benzene rings is 1. The van der Waals surface area contributed by atoms with Crippen molar-refractivity contribution in [2.75, 3.05) is 0 Å². The van der Waals surface area contributed by atoms with Crippen molar-refractivity contribution in [1.82, 2.24) is 5.32 Å². The minimum absolute atomic E-state index is 0.0000350. The summed E-state index contributed by atoms with van der Waals surface area (Å²) in [5.74, 6) is 0.0668. The lowest BCUT2D eigenvalue weighted by Gasteiger charge is -2.19. The van der Waals surface area contributed by atoms with Crippen LogP contribution in [0.15, 0.2) is 24.3 Å². The largest absolute Gasteiger partial charge is 0.347 e. The molecule has 0 radical (unpaired) electrons. The van der Waals surface area contributed by atoms with E-state index in [1.165, 1.54) is 11.1 Å². The van der Waals surface area contributed by atoms with Crippen LogP contribution in [0.3, 0.4) is 0 Å². The first-order chi connectivity index (χ1) is 7.59. The second-order valence-corrected chi connectivity index (χ2v) is 4.71. The minimum atomic E-state index is -0.0221. The Balaban J connectivity index is 2.19. The maximum absolute atomic E-state index is 11.7. The van der Waals surface area contributed by atoms with E-state index in [1.807, 2.05) is 32.0 Å². The van der Waals surface area contributed by atoms with E-state index in [-0.39, 0.29) is 23.9 Å². The predicted octanol–water partition coefficient (Wildman–Crippen LogP) is 1.38. The fourth-order valence-corrected chi connectivity index (χ4v) is 2.13. The SMILES string of the molecule is CC(C)C(=O)NC1c2ccccc2CC1N. The average molecular weight is 218 g/mol. The molecule has 3 N–H and O–H groups in total. The van der Waals surface area contributed by atoms with Crippen molar-refractivity contribution in [3.63, 3.8) is 0 Å². The van der Waals surface area contributed by atoms with E-state index in [2.05, 4.69) is 11.4 Å². The minimum Gasteiger partial charge on any atom is -0.347 e. The van der Waals surface area contributed by atoms with Crippen LogP contribution in [-0.2, 0) is 11.2 Å². The third-order valence-corrected chi connectivity index (χ3v) is 3.10. The number of rotatable bonds is 2. The molecule has 86 valence electrons. The molecule has 1 aromatic rings. The molecule has 2 rings (SSSR count). The van der Waals surface area contributed by atoms with Crippen LogP contribution in [0.25, 0.3) is 0 Å². The van der Waals surface area contributed by atoms with Crippen LogP contribution >= 0.6 is 0 Å². The van der Waals surface area contributed by atoms with Crippen LogP contribution in [0, 0.1) is 5.92 Å². The van der Waals surface area contributed by atoms with Crippen molar-refractivity contribution >= 4 is 5.91 Å². The number of nitrogens with one attached hydrogen (secondary N) is 1. The Bertz CT molecular complexity index is 401. The van der Waals surface area contributed by atoms with Crippen molar-refractivity contribution in [1.29, 1.82) is 0 Å². The molecule has 1 aliphatic rings. The summed E-state index contributed by atoms with van der Waals surface area (Å²) in [4.78, 5) is 11.7. The Labute approximate surface area is 96.0 Å². The van der Waals surface area contributed by atoms with Crippen LogP contribution in [0.1, 0.15) is 31.0 Å². The van der Waals surface area contributed by atoms with Gasteiger partial charge in [-0.1, -0.05) is 38.1 Å². The standard InChI is InChI=1S/C13H18N2O/c1-8(2)13(16)15-12-10-6-4-3-5-9(10)7-11(12)14/h3-6,8,11-12H,7,14H2,1-2H3,(H,15,16). The zero-order valence-electron chi connectivity index (χ0n) is 9.73. The fraction of sp³-hybridized carbons (Fsp3) is 0.462. The van der Waals surface area contributed by atoms with Crippen LogP contribution in [-0.4, -0.2) is 11.9 Å². The molecular formula is C13H18N2O. The molecule has 0 saturated carbocycles. The Morgan fingerprint density at radius 3 is 2.81 bits per heavy atom. The van der Waals surface area contributed by atoms with Crippen molar-refractivity contribution in [3.8, 4) is 0 Å². The lowest BCUT2D eigenvalue weighted by Crippen LogP contribution is -2.40. The van der Waals surface area contributed by atoms with Crippen LogP contribution in [0.4, 0.5) is 0 Å². The van der Waals surface area contributed by atoms with Gasteiger partial charge in [-0.3, -0.25) is 4.79 Å². The molecule has 0 aromatic heterocycles. The van der Waals surface area contributed by atoms with Crippen molar-refractivity contribution < 1.29 is 4.79 Å². The van der Waals surface area contributed by atoms with Gasteiger partial charge in [0.25, 0.3) is 0 Å². The van der Waals surface area contributed by atoms with Gasteiger partial charge >= 0.3 is 0 Å². The van der Waals surface area contributed by atoms with Crippen LogP contribution in [0.5, 0.6) is 0 Å². The quantitative estimate of drug-likeness (QED) is 0.788. The number of hydrogen-bond acceptors (Lipinski definition) is 2. The van der Waals surface area contributed by atoms with Gasteiger partial charge in [-0.15, -0.1) is 0 Å². The van der Waals surface area contributed by atoms with Gasteiger partial charge in [0.2, 0.25) is 5.91 Å². The van der Waals surface area contributed by atoms with Gasteiger partial charge in [-0.05, 0) is 17.5 Å². The Hall–Kier alpha value is -1.35. The average Bonchev–Trinajstić information content (AvgIpc) is 2.55. The molecule has 0 aliphatic heterocycles. The predicted molar refractivity (Wildman–Crippen MR) is 63.8 cm³/mol. The first-order valence-corrected chi connectivity index (χ1v) is 5.73. The summed E-state index contributed by atoms with van der Waals surface area (Å²) in [6.07, 6.45) is 0.846. The zero-order valence-corrected chi connectivity index (χ0v) is 9.73. The molecule has 3 nitrogen and oxygen atoms in total. The lowest BCUT2D eigenvalue weighted by atomic mass is 10.1. The molecule has 1 amide bonds. The van der Waals surface area contributed by atoms with E-state index in [1.54, 1.807) is 0 Å². The van der Waals surface area contributed by atoms with Crippen LogP contribution < -0.4 is 11.1 Å². The van der Waals surface area contributed by atoms with Gasteiger partial charge in [0.15, 0.2) is 0 Å². The topological polar surface area (TPSA) is 55.1 Å². The molecule has 0 saturated heterocycles. The number of carbonyl (C=O) groups excluding carboxylic acids is 1. The van der Waals surface area contributed by atoms with E-state index in [9.17, 15) is 4.79 Å². The molecular weight excluding hydrogens is 200 g/mol. The summed E-state index contributed by atoms with van der Waals surface area (Å²) >= 11 is 0. The fourth-order valence-electron chi connectivity index (χ4n) is 2.13. The summed E-state index contributed by atoms with van der Waals surface area (Å²) in [5.41, 5.74) is 8.49. The number of amides is 1. The molecule has 2 atom stereocenters. The molecule has 1 aliphatic carbocycles. The van der Waals surface area contributed by atoms with E-state index in [0.717, 1.165) is 6.42 Å². The Morgan fingerprint density at radius 2 is 2.12 bits per heavy atom. The van der Waals surface area contributed by atoms with Gasteiger partial charge in [-0.25, -0.2) is 0 Å². The Kier molecular flexibility index (Phi) is 2.97. The highest BCUT2D eigenvalue weighted by molar-refractivity contribution is 5.78. The molecule has 0 spiro atoms. The highest BCUT2D eigenvalue weighted by Gasteiger charge is 2.30. The highest BCUT2D eigenvalue weighted by atomic mass is 16.1. The van der Waals surface area contributed by atoms with E-state index < -0.39 is 0 Å². The third kappa shape index (κ3) is 1.95. The monoisotopic (exact) mass is 218 g/mol. The summed E-state index contributed by atoms with van der Waals surface area (Å²) in [5, 5.41) is 3.02. The first kappa shape index (κ1) is 11.1. The summed E-state index contributed by atoms with van der Waals surface area (Å²) in [6, 6.07) is 8.11. The molecule has 0 heterocycles. The molecule has 1 aromatic carbocycles. The van der Waals surface area contributed by atoms with Gasteiger partial charge in [0.1, 0.15) is 0 Å². The number of nitrogens with two attached hydrogens (primary N) is 1. The third-order valence-electron chi connectivity index (χ3n) is 3.10. The van der Waals surface area contributed by atoms with Crippen molar-refractivity contribution in [2.24, 2.45) is 11.7 Å². The summed E-state index contributed by atoms with van der Waals surface area (Å²) in [6.45, 7) is 3.78. The van der Waals surface area contributed by atoms with Crippen LogP contribution in [0.2, 0.25) is 0 Å². The van der Waals surface area contributed by atoms with Crippen molar-refractivity contribution in [2.45, 2.75) is 32.4 Å². The number of fused-ring (bicyclic) bond motifs is 1. The lowest BCUT2D eigenvalue weighted by molar-refractivity contribution is -0.124. The summed E-state index contributed by atoms with van der Waals surface area (Å²) in [7, 11) is 0. The van der Waals surface area contributed by atoms with Crippen molar-refractivity contribution in [3.05, 3.63) is 35.4 Å². The number of hydrogen-bond donors (Lipinski definition) is 2. The molecule has 2 unspecified atom stereocenters. The maximum atomic E-state index is 11.7. The van der Waals surface area contributed by atoms with Gasteiger partial charge in [0.05, 0.1) is 6.04 Å². The van der Waals surface area contributed by atoms with E-state index in [4.69, 9.17) is 5.73 Å². The molecule has 0 bridgehead atoms. The Morgan fingerprint density at radius 1 is 1.44 bits per heavy atom. The van der Waals surface area contributed by atoms with E-state index >= 15 is 0 Å². The normalized spacial score (nSPS) is 23.2. The zero-order chi connectivity index (χ0) is 11.7.